The lowest BCUT2D eigenvalue weighted by atomic mass is 10.1. The molecule has 3 rings (SSSR count). The van der Waals surface area contributed by atoms with Gasteiger partial charge in [-0.05, 0) is 30.7 Å². The fraction of sp³-hybridized carbons (Fsp3) is 0.250. The van der Waals surface area contributed by atoms with Crippen LogP contribution in [0.5, 0.6) is 5.75 Å². The molecule has 6 nitrogen and oxygen atoms in total. The maximum atomic E-state index is 12.3. The Hall–Kier alpha value is -2.57. The minimum absolute atomic E-state index is 0.0957. The van der Waals surface area contributed by atoms with Gasteiger partial charge in [-0.25, -0.2) is 4.68 Å². The summed E-state index contributed by atoms with van der Waals surface area (Å²) in [6.45, 7) is 0.858. The highest BCUT2D eigenvalue weighted by Crippen LogP contribution is 2.27. The summed E-state index contributed by atoms with van der Waals surface area (Å²) in [7, 11) is 1.58. The Morgan fingerprint density at radius 2 is 1.93 bits per heavy atom. The number of carbonyl (C=O) groups excluding carboxylic acids is 1. The van der Waals surface area contributed by atoms with E-state index in [9.17, 15) is 9.59 Å². The number of aromatic nitrogens is 2. The van der Waals surface area contributed by atoms with Crippen LogP contribution in [0.15, 0.2) is 47.3 Å². The highest BCUT2D eigenvalue weighted by molar-refractivity contribution is 6.35. The molecule has 1 N–H and O–H groups in total. The number of nitrogens with one attached hydrogen (secondary N) is 1. The molecule has 8 heteroatoms. The molecule has 1 aromatic heterocycles. The zero-order chi connectivity index (χ0) is 20.1. The number of benzene rings is 2. The minimum atomic E-state index is -0.183. The van der Waals surface area contributed by atoms with Gasteiger partial charge in [0.2, 0.25) is 5.91 Å². The maximum Gasteiger partial charge on any atom is 0.274 e. The van der Waals surface area contributed by atoms with E-state index in [4.69, 9.17) is 27.9 Å². The van der Waals surface area contributed by atoms with Gasteiger partial charge in [-0.3, -0.25) is 9.59 Å². The molecule has 0 spiro atoms. The molecule has 0 bridgehead atoms. The molecule has 0 atom stereocenters. The van der Waals surface area contributed by atoms with E-state index in [1.54, 1.807) is 43.4 Å². The molecule has 28 heavy (non-hydrogen) atoms. The normalized spacial score (nSPS) is 10.8. The van der Waals surface area contributed by atoms with Crippen molar-refractivity contribution in [1.29, 1.82) is 0 Å². The fourth-order valence-corrected chi connectivity index (χ4v) is 3.26. The Bertz CT molecular complexity index is 1070. The monoisotopic (exact) mass is 419 g/mol. The first-order chi connectivity index (χ1) is 13.5. The lowest BCUT2D eigenvalue weighted by Crippen LogP contribution is -2.29. The molecule has 0 radical (unpaired) electrons. The number of carbonyl (C=O) groups is 1. The van der Waals surface area contributed by atoms with Gasteiger partial charge in [0.25, 0.3) is 5.56 Å². The van der Waals surface area contributed by atoms with Crippen molar-refractivity contribution in [1.82, 2.24) is 15.1 Å². The van der Waals surface area contributed by atoms with E-state index in [0.29, 0.717) is 51.8 Å². The van der Waals surface area contributed by atoms with Gasteiger partial charge >= 0.3 is 0 Å². The van der Waals surface area contributed by atoms with E-state index < -0.39 is 0 Å². The number of fused-ring (bicyclic) bond motifs is 1. The quantitative estimate of drug-likeness (QED) is 0.595. The van der Waals surface area contributed by atoms with Gasteiger partial charge in [-0.15, -0.1) is 0 Å². The molecule has 0 unspecified atom stereocenters. The van der Waals surface area contributed by atoms with Crippen LogP contribution in [0.4, 0.5) is 0 Å². The standard InChI is InChI=1S/C20H19Cl2N3O3/c1-25-20(27)15-6-3-2-5-14(15)17(24-25)12-19(26)23-9-4-10-28-18-8-7-13(21)11-16(18)22/h2-3,5-8,11H,4,9-10,12H2,1H3,(H,23,26). The first kappa shape index (κ1) is 20.2. The van der Waals surface area contributed by atoms with Gasteiger partial charge in [0.1, 0.15) is 5.75 Å². The number of aryl methyl sites for hydroxylation is 1. The Labute approximate surface area is 172 Å². The summed E-state index contributed by atoms with van der Waals surface area (Å²) in [6.07, 6.45) is 0.713. The topological polar surface area (TPSA) is 73.2 Å². The first-order valence-electron chi connectivity index (χ1n) is 8.75. The average Bonchev–Trinajstić information content (AvgIpc) is 2.67. The van der Waals surface area contributed by atoms with Crippen LogP contribution in [0.1, 0.15) is 12.1 Å². The second kappa shape index (κ2) is 9.08. The smallest absolute Gasteiger partial charge is 0.274 e. The number of amides is 1. The Balaban J connectivity index is 1.52. The number of hydrogen-bond acceptors (Lipinski definition) is 4. The summed E-state index contributed by atoms with van der Waals surface area (Å²) in [5, 5.41) is 9.32. The molecule has 0 aliphatic rings. The van der Waals surface area contributed by atoms with Crippen LogP contribution in [0, 0.1) is 0 Å². The number of rotatable bonds is 7. The van der Waals surface area contributed by atoms with Crippen molar-refractivity contribution in [3.8, 4) is 5.75 Å². The van der Waals surface area contributed by atoms with Crippen molar-refractivity contribution in [2.24, 2.45) is 7.05 Å². The highest BCUT2D eigenvalue weighted by Gasteiger charge is 2.12. The molecule has 0 saturated carbocycles. The van der Waals surface area contributed by atoms with E-state index >= 15 is 0 Å². The molecule has 0 aliphatic carbocycles. The zero-order valence-corrected chi connectivity index (χ0v) is 16.8. The third-order valence-electron chi connectivity index (χ3n) is 4.16. The van der Waals surface area contributed by atoms with E-state index in [0.717, 1.165) is 0 Å². The van der Waals surface area contributed by atoms with Crippen molar-refractivity contribution < 1.29 is 9.53 Å². The number of ether oxygens (including phenoxy) is 1. The van der Waals surface area contributed by atoms with E-state index in [2.05, 4.69) is 10.4 Å². The number of nitrogens with zero attached hydrogens (tertiary/aromatic N) is 2. The molecule has 3 aromatic rings. The van der Waals surface area contributed by atoms with E-state index in [-0.39, 0.29) is 17.9 Å². The second-order valence-corrected chi connectivity index (χ2v) is 7.07. The fourth-order valence-electron chi connectivity index (χ4n) is 2.80. The maximum absolute atomic E-state index is 12.3. The van der Waals surface area contributed by atoms with Crippen molar-refractivity contribution in [2.45, 2.75) is 12.8 Å². The van der Waals surface area contributed by atoms with Crippen molar-refractivity contribution >= 4 is 39.9 Å². The summed E-state index contributed by atoms with van der Waals surface area (Å²) in [4.78, 5) is 24.4. The van der Waals surface area contributed by atoms with E-state index in [1.165, 1.54) is 4.68 Å². The Morgan fingerprint density at radius 3 is 2.68 bits per heavy atom. The summed E-state index contributed by atoms with van der Waals surface area (Å²) in [5.41, 5.74) is 0.386. The third kappa shape index (κ3) is 4.82. The molecule has 0 saturated heterocycles. The SMILES string of the molecule is Cn1nc(CC(=O)NCCCOc2ccc(Cl)cc2Cl)c2ccccc2c1=O. The van der Waals surface area contributed by atoms with Crippen LogP contribution in [0.2, 0.25) is 10.0 Å². The molecular formula is C20H19Cl2N3O3. The van der Waals surface area contributed by atoms with Gasteiger partial charge in [0, 0.05) is 24.0 Å². The van der Waals surface area contributed by atoms with Crippen LogP contribution >= 0.6 is 23.2 Å². The van der Waals surface area contributed by atoms with Crippen LogP contribution in [0.25, 0.3) is 10.8 Å². The molecular weight excluding hydrogens is 401 g/mol. The minimum Gasteiger partial charge on any atom is -0.492 e. The van der Waals surface area contributed by atoms with Crippen LogP contribution < -0.4 is 15.6 Å². The van der Waals surface area contributed by atoms with Gasteiger partial charge < -0.3 is 10.1 Å². The Kier molecular flexibility index (Phi) is 6.54. The summed E-state index contributed by atoms with van der Waals surface area (Å²) in [5.74, 6) is 0.388. The number of halogens is 2. The van der Waals surface area contributed by atoms with Crippen molar-refractivity contribution in [2.75, 3.05) is 13.2 Å². The van der Waals surface area contributed by atoms with Gasteiger partial charge in [0.05, 0.1) is 29.1 Å². The molecule has 0 aliphatic heterocycles. The highest BCUT2D eigenvalue weighted by atomic mass is 35.5. The predicted octanol–water partition coefficient (Wildman–Crippen LogP) is 3.37. The molecule has 0 fully saturated rings. The van der Waals surface area contributed by atoms with Crippen LogP contribution in [-0.2, 0) is 18.3 Å². The molecule has 2 aromatic carbocycles. The van der Waals surface area contributed by atoms with Gasteiger partial charge in [-0.2, -0.15) is 5.10 Å². The predicted molar refractivity (Wildman–Crippen MR) is 110 cm³/mol. The lowest BCUT2D eigenvalue weighted by Gasteiger charge is -2.10. The van der Waals surface area contributed by atoms with Crippen molar-refractivity contribution in [3.63, 3.8) is 0 Å². The lowest BCUT2D eigenvalue weighted by molar-refractivity contribution is -0.120. The molecule has 1 heterocycles. The third-order valence-corrected chi connectivity index (χ3v) is 4.69. The summed E-state index contributed by atoms with van der Waals surface area (Å²) < 4.78 is 6.84. The summed E-state index contributed by atoms with van der Waals surface area (Å²) >= 11 is 11.9. The second-order valence-electron chi connectivity index (χ2n) is 6.22. The van der Waals surface area contributed by atoms with Gasteiger partial charge in [0.15, 0.2) is 0 Å². The van der Waals surface area contributed by atoms with Crippen molar-refractivity contribution in [3.05, 3.63) is 68.6 Å². The Morgan fingerprint density at radius 1 is 1.18 bits per heavy atom. The van der Waals surface area contributed by atoms with Crippen LogP contribution in [-0.4, -0.2) is 28.8 Å². The largest absolute Gasteiger partial charge is 0.492 e. The van der Waals surface area contributed by atoms with E-state index in [1.807, 2.05) is 6.07 Å². The molecule has 146 valence electrons. The molecule has 1 amide bonds. The van der Waals surface area contributed by atoms with Gasteiger partial charge in [-0.1, -0.05) is 41.4 Å². The zero-order valence-electron chi connectivity index (χ0n) is 15.2. The number of hydrogen-bond donors (Lipinski definition) is 1. The first-order valence-corrected chi connectivity index (χ1v) is 9.51. The summed E-state index contributed by atoms with van der Waals surface area (Å²) in [6, 6.07) is 12.2. The average molecular weight is 420 g/mol. The van der Waals surface area contributed by atoms with Crippen LogP contribution in [0.3, 0.4) is 0 Å².